The number of hydrogen-bond acceptors (Lipinski definition) is 7. The molecule has 0 bridgehead atoms. The number of methoxy groups -OCH3 is 3. The monoisotopic (exact) mass is 431 g/mol. The van der Waals surface area contributed by atoms with Gasteiger partial charge in [0.1, 0.15) is 5.75 Å². The van der Waals surface area contributed by atoms with Crippen molar-refractivity contribution < 1.29 is 33.3 Å². The summed E-state index contributed by atoms with van der Waals surface area (Å²) in [5, 5.41) is 5.41. The molecule has 10 heteroatoms. The van der Waals surface area contributed by atoms with Crippen LogP contribution in [0.25, 0.3) is 0 Å². The van der Waals surface area contributed by atoms with Gasteiger partial charge in [-0.15, -0.1) is 0 Å². The largest absolute Gasteiger partial charge is 0.497 e. The average molecular weight is 431 g/mol. The van der Waals surface area contributed by atoms with Gasteiger partial charge in [-0.25, -0.2) is 0 Å². The highest BCUT2D eigenvalue weighted by Gasteiger charge is 2.18. The van der Waals surface area contributed by atoms with Crippen molar-refractivity contribution in [3.8, 4) is 23.0 Å². The molecule has 0 unspecified atom stereocenters. The standard InChI is InChI=1S/C21H25N3O7/c1-28-15-6-4-13(5-7-15)20(26)23-8-9-24-21(27)14-10-16(29-2)19(17(11-14)30-3)31-12-18(22)25/h4-7,10-11H,8-9,12H2,1-3H3,(H2,22,25)(H,23,26)(H,24,27). The first-order valence-corrected chi connectivity index (χ1v) is 9.27. The second kappa shape index (κ2) is 11.3. The molecule has 0 atom stereocenters. The molecular weight excluding hydrogens is 406 g/mol. The molecule has 0 heterocycles. The van der Waals surface area contributed by atoms with Gasteiger partial charge < -0.3 is 35.3 Å². The highest BCUT2D eigenvalue weighted by molar-refractivity contribution is 5.96. The van der Waals surface area contributed by atoms with Gasteiger partial charge in [0.15, 0.2) is 18.1 Å². The number of hydrogen-bond donors (Lipinski definition) is 3. The van der Waals surface area contributed by atoms with Crippen molar-refractivity contribution in [2.75, 3.05) is 41.0 Å². The van der Waals surface area contributed by atoms with Crippen LogP contribution in [0.15, 0.2) is 36.4 Å². The van der Waals surface area contributed by atoms with E-state index in [1.807, 2.05) is 0 Å². The Bertz CT molecular complexity index is 904. The number of benzene rings is 2. The number of rotatable bonds is 11. The second-order valence-corrected chi connectivity index (χ2v) is 6.21. The number of carbonyl (C=O) groups is 3. The number of amides is 3. The average Bonchev–Trinajstić information content (AvgIpc) is 2.79. The quantitative estimate of drug-likeness (QED) is 0.446. The summed E-state index contributed by atoms with van der Waals surface area (Å²) in [6.45, 7) is 0.0577. The molecule has 3 amide bonds. The highest BCUT2D eigenvalue weighted by Crippen LogP contribution is 2.38. The molecule has 0 spiro atoms. The van der Waals surface area contributed by atoms with Crippen LogP contribution in [0.2, 0.25) is 0 Å². The smallest absolute Gasteiger partial charge is 0.255 e. The van der Waals surface area contributed by atoms with Crippen LogP contribution in [0.5, 0.6) is 23.0 Å². The van der Waals surface area contributed by atoms with Crippen LogP contribution in [-0.2, 0) is 4.79 Å². The number of carbonyl (C=O) groups excluding carboxylic acids is 3. The maximum atomic E-state index is 12.5. The summed E-state index contributed by atoms with van der Waals surface area (Å²) in [6, 6.07) is 9.57. The third kappa shape index (κ3) is 6.53. The Morgan fingerprint density at radius 2 is 1.32 bits per heavy atom. The van der Waals surface area contributed by atoms with Gasteiger partial charge in [0.2, 0.25) is 5.75 Å². The van der Waals surface area contributed by atoms with Crippen molar-refractivity contribution in [3.63, 3.8) is 0 Å². The molecule has 2 aromatic rings. The molecule has 31 heavy (non-hydrogen) atoms. The van der Waals surface area contributed by atoms with Crippen LogP contribution in [0.4, 0.5) is 0 Å². The van der Waals surface area contributed by atoms with Crippen molar-refractivity contribution in [2.45, 2.75) is 0 Å². The Kier molecular flexibility index (Phi) is 8.50. The summed E-state index contributed by atoms with van der Waals surface area (Å²) in [6.07, 6.45) is 0. The number of ether oxygens (including phenoxy) is 4. The fraction of sp³-hybridized carbons (Fsp3) is 0.286. The van der Waals surface area contributed by atoms with Gasteiger partial charge in [-0.05, 0) is 36.4 Å². The van der Waals surface area contributed by atoms with Crippen molar-refractivity contribution in [2.24, 2.45) is 5.73 Å². The van der Waals surface area contributed by atoms with E-state index in [1.54, 1.807) is 31.4 Å². The molecule has 2 rings (SSSR count). The van der Waals surface area contributed by atoms with Crippen LogP contribution in [-0.4, -0.2) is 58.7 Å². The van der Waals surface area contributed by atoms with E-state index in [-0.39, 0.29) is 48.4 Å². The van der Waals surface area contributed by atoms with Gasteiger partial charge in [-0.2, -0.15) is 0 Å². The fourth-order valence-electron chi connectivity index (χ4n) is 2.60. The number of nitrogens with two attached hydrogens (primary N) is 1. The maximum absolute atomic E-state index is 12.5. The molecule has 0 saturated carbocycles. The normalized spacial score (nSPS) is 10.0. The SMILES string of the molecule is COc1ccc(C(=O)NCCNC(=O)c2cc(OC)c(OCC(N)=O)c(OC)c2)cc1. The zero-order chi connectivity index (χ0) is 22.8. The van der Waals surface area contributed by atoms with Gasteiger partial charge in [0.25, 0.3) is 17.7 Å². The summed E-state index contributed by atoms with van der Waals surface area (Å²) < 4.78 is 20.8. The zero-order valence-corrected chi connectivity index (χ0v) is 17.5. The van der Waals surface area contributed by atoms with E-state index in [0.29, 0.717) is 11.3 Å². The minimum atomic E-state index is -0.664. The van der Waals surface area contributed by atoms with Crippen LogP contribution >= 0.6 is 0 Å². The zero-order valence-electron chi connectivity index (χ0n) is 17.5. The van der Waals surface area contributed by atoms with Crippen LogP contribution < -0.4 is 35.3 Å². The Hall–Kier alpha value is -3.95. The van der Waals surface area contributed by atoms with E-state index >= 15 is 0 Å². The lowest BCUT2D eigenvalue weighted by atomic mass is 10.1. The molecule has 0 radical (unpaired) electrons. The Morgan fingerprint density at radius 3 is 1.77 bits per heavy atom. The molecule has 10 nitrogen and oxygen atoms in total. The van der Waals surface area contributed by atoms with Gasteiger partial charge in [0.05, 0.1) is 21.3 Å². The van der Waals surface area contributed by atoms with E-state index in [4.69, 9.17) is 24.7 Å². The minimum absolute atomic E-state index is 0.159. The minimum Gasteiger partial charge on any atom is -0.497 e. The summed E-state index contributed by atoms with van der Waals surface area (Å²) in [7, 11) is 4.33. The number of primary amides is 1. The Morgan fingerprint density at radius 1 is 0.806 bits per heavy atom. The van der Waals surface area contributed by atoms with E-state index in [0.717, 1.165) is 0 Å². The fourth-order valence-corrected chi connectivity index (χ4v) is 2.60. The van der Waals surface area contributed by atoms with Crippen molar-refractivity contribution in [1.29, 1.82) is 0 Å². The molecule has 0 fully saturated rings. The molecule has 0 saturated heterocycles. The molecule has 0 aliphatic heterocycles. The third-order valence-corrected chi connectivity index (χ3v) is 4.13. The lowest BCUT2D eigenvalue weighted by molar-refractivity contribution is -0.120. The van der Waals surface area contributed by atoms with Crippen LogP contribution in [0.1, 0.15) is 20.7 Å². The molecule has 2 aromatic carbocycles. The molecular formula is C21H25N3O7. The second-order valence-electron chi connectivity index (χ2n) is 6.21. The molecule has 4 N–H and O–H groups in total. The van der Waals surface area contributed by atoms with E-state index in [2.05, 4.69) is 10.6 Å². The number of nitrogens with one attached hydrogen (secondary N) is 2. The summed E-state index contributed by atoms with van der Waals surface area (Å²) in [5.74, 6) is -0.111. The third-order valence-electron chi connectivity index (χ3n) is 4.13. The Balaban J connectivity index is 1.95. The summed E-state index contributed by atoms with van der Waals surface area (Å²) in [5.41, 5.74) is 5.83. The van der Waals surface area contributed by atoms with Gasteiger partial charge >= 0.3 is 0 Å². The predicted molar refractivity (Wildman–Crippen MR) is 112 cm³/mol. The first kappa shape index (κ1) is 23.3. The van der Waals surface area contributed by atoms with Crippen LogP contribution in [0.3, 0.4) is 0 Å². The lowest BCUT2D eigenvalue weighted by Crippen LogP contribution is -2.34. The van der Waals surface area contributed by atoms with Crippen LogP contribution in [0, 0.1) is 0 Å². The van der Waals surface area contributed by atoms with Gasteiger partial charge in [-0.1, -0.05) is 0 Å². The molecule has 166 valence electrons. The lowest BCUT2D eigenvalue weighted by Gasteiger charge is -2.15. The maximum Gasteiger partial charge on any atom is 0.255 e. The molecule has 0 aromatic heterocycles. The van der Waals surface area contributed by atoms with Crippen molar-refractivity contribution in [1.82, 2.24) is 10.6 Å². The topological polar surface area (TPSA) is 138 Å². The van der Waals surface area contributed by atoms with E-state index in [1.165, 1.54) is 26.4 Å². The van der Waals surface area contributed by atoms with Gasteiger partial charge in [0, 0.05) is 24.2 Å². The first-order chi connectivity index (χ1) is 14.9. The van der Waals surface area contributed by atoms with Crippen molar-refractivity contribution in [3.05, 3.63) is 47.5 Å². The van der Waals surface area contributed by atoms with Gasteiger partial charge in [-0.3, -0.25) is 14.4 Å². The molecule has 0 aliphatic rings. The predicted octanol–water partition coefficient (Wildman–Crippen LogP) is 0.736. The Labute approximate surface area is 179 Å². The first-order valence-electron chi connectivity index (χ1n) is 9.27. The van der Waals surface area contributed by atoms with E-state index in [9.17, 15) is 14.4 Å². The highest BCUT2D eigenvalue weighted by atomic mass is 16.5. The summed E-state index contributed by atoms with van der Waals surface area (Å²) in [4.78, 5) is 35.6. The summed E-state index contributed by atoms with van der Waals surface area (Å²) >= 11 is 0. The van der Waals surface area contributed by atoms with E-state index < -0.39 is 11.8 Å². The van der Waals surface area contributed by atoms with Crippen molar-refractivity contribution >= 4 is 17.7 Å². The molecule has 0 aliphatic carbocycles.